The van der Waals surface area contributed by atoms with E-state index in [1.54, 1.807) is 0 Å². The van der Waals surface area contributed by atoms with Crippen molar-refractivity contribution < 1.29 is 14.6 Å². The molecule has 1 fully saturated rings. The van der Waals surface area contributed by atoms with Gasteiger partial charge in [-0.3, -0.25) is 4.79 Å². The van der Waals surface area contributed by atoms with Gasteiger partial charge in [0.2, 0.25) is 0 Å². The van der Waals surface area contributed by atoms with E-state index in [9.17, 15) is 4.79 Å². The van der Waals surface area contributed by atoms with Gasteiger partial charge in [-0.25, -0.2) is 0 Å². The summed E-state index contributed by atoms with van der Waals surface area (Å²) in [6, 6.07) is 0. The van der Waals surface area contributed by atoms with Crippen LogP contribution in [0.2, 0.25) is 0 Å². The maximum atomic E-state index is 10.4. The number of hydrogen-bond acceptors (Lipinski definition) is 3. The number of morpholine rings is 1. The zero-order valence-corrected chi connectivity index (χ0v) is 8.17. The Morgan fingerprint density at radius 1 is 1.77 bits per heavy atom. The van der Waals surface area contributed by atoms with Gasteiger partial charge in [0.1, 0.15) is 0 Å². The second-order valence-electron chi connectivity index (χ2n) is 3.83. The van der Waals surface area contributed by atoms with Crippen LogP contribution >= 0.6 is 0 Å². The van der Waals surface area contributed by atoms with Crippen LogP contribution in [0.4, 0.5) is 0 Å². The Hall–Kier alpha value is -0.610. The monoisotopic (exact) mass is 187 g/mol. The number of aliphatic carboxylic acids is 1. The molecule has 1 heterocycles. The van der Waals surface area contributed by atoms with Crippen LogP contribution in [0, 0.1) is 0 Å². The number of carboxylic acid groups (broad SMARTS) is 1. The SMILES string of the molecule is CCC1(C)COC(CC(=O)O)CN1. The Balaban J connectivity index is 2.34. The molecule has 0 aromatic heterocycles. The van der Waals surface area contributed by atoms with E-state index in [-0.39, 0.29) is 18.1 Å². The predicted molar refractivity (Wildman–Crippen MR) is 48.7 cm³/mol. The third-order valence-corrected chi connectivity index (χ3v) is 2.58. The third-order valence-electron chi connectivity index (χ3n) is 2.58. The van der Waals surface area contributed by atoms with Crippen molar-refractivity contribution in [3.05, 3.63) is 0 Å². The maximum Gasteiger partial charge on any atom is 0.306 e. The second kappa shape index (κ2) is 4.07. The van der Waals surface area contributed by atoms with Crippen molar-refractivity contribution in [2.45, 2.75) is 38.3 Å². The summed E-state index contributed by atoms with van der Waals surface area (Å²) in [7, 11) is 0. The number of hydrogen-bond donors (Lipinski definition) is 2. The van der Waals surface area contributed by atoms with Gasteiger partial charge < -0.3 is 15.2 Å². The minimum atomic E-state index is -0.799. The molecule has 76 valence electrons. The van der Waals surface area contributed by atoms with E-state index in [4.69, 9.17) is 9.84 Å². The normalized spacial score (nSPS) is 34.5. The average molecular weight is 187 g/mol. The van der Waals surface area contributed by atoms with Crippen LogP contribution in [0.1, 0.15) is 26.7 Å². The second-order valence-corrected chi connectivity index (χ2v) is 3.83. The minimum Gasteiger partial charge on any atom is -0.481 e. The molecule has 4 heteroatoms. The number of carbonyl (C=O) groups is 1. The van der Waals surface area contributed by atoms with Crippen molar-refractivity contribution in [1.29, 1.82) is 0 Å². The molecule has 4 nitrogen and oxygen atoms in total. The summed E-state index contributed by atoms with van der Waals surface area (Å²) in [6.07, 6.45) is 0.914. The van der Waals surface area contributed by atoms with Crippen molar-refractivity contribution in [1.82, 2.24) is 5.32 Å². The highest BCUT2D eigenvalue weighted by Crippen LogP contribution is 2.16. The van der Waals surface area contributed by atoms with E-state index in [1.807, 2.05) is 0 Å². The van der Waals surface area contributed by atoms with Crippen LogP contribution in [0.3, 0.4) is 0 Å². The maximum absolute atomic E-state index is 10.4. The van der Waals surface area contributed by atoms with Gasteiger partial charge in [-0.2, -0.15) is 0 Å². The molecule has 1 aliphatic rings. The minimum absolute atomic E-state index is 0.0228. The van der Waals surface area contributed by atoms with Crippen molar-refractivity contribution in [2.75, 3.05) is 13.2 Å². The number of nitrogens with one attached hydrogen (secondary N) is 1. The lowest BCUT2D eigenvalue weighted by atomic mass is 9.97. The van der Waals surface area contributed by atoms with Gasteiger partial charge in [0.15, 0.2) is 0 Å². The Morgan fingerprint density at radius 2 is 2.46 bits per heavy atom. The van der Waals surface area contributed by atoms with Gasteiger partial charge in [-0.15, -0.1) is 0 Å². The fraction of sp³-hybridized carbons (Fsp3) is 0.889. The van der Waals surface area contributed by atoms with E-state index in [0.717, 1.165) is 6.42 Å². The Labute approximate surface area is 78.3 Å². The lowest BCUT2D eigenvalue weighted by Gasteiger charge is -2.37. The summed E-state index contributed by atoms with van der Waals surface area (Å²) in [6.45, 7) is 5.41. The lowest BCUT2D eigenvalue weighted by Crippen LogP contribution is -2.55. The summed E-state index contributed by atoms with van der Waals surface area (Å²) in [4.78, 5) is 10.4. The van der Waals surface area contributed by atoms with E-state index in [1.165, 1.54) is 0 Å². The first kappa shape index (κ1) is 10.5. The Morgan fingerprint density at radius 3 is 2.85 bits per heavy atom. The van der Waals surface area contributed by atoms with E-state index >= 15 is 0 Å². The average Bonchev–Trinajstić information content (AvgIpc) is 2.09. The van der Waals surface area contributed by atoms with Gasteiger partial charge in [0.25, 0.3) is 0 Å². The van der Waals surface area contributed by atoms with E-state index in [2.05, 4.69) is 19.2 Å². The summed E-state index contributed by atoms with van der Waals surface area (Å²) in [5, 5.41) is 11.9. The summed E-state index contributed by atoms with van der Waals surface area (Å²) >= 11 is 0. The van der Waals surface area contributed by atoms with Crippen LogP contribution in [0.25, 0.3) is 0 Å². The smallest absolute Gasteiger partial charge is 0.306 e. The molecule has 0 aromatic rings. The highest BCUT2D eigenvalue weighted by atomic mass is 16.5. The fourth-order valence-corrected chi connectivity index (χ4v) is 1.32. The van der Waals surface area contributed by atoms with Crippen LogP contribution < -0.4 is 5.32 Å². The largest absolute Gasteiger partial charge is 0.481 e. The molecule has 0 spiro atoms. The molecule has 2 N–H and O–H groups in total. The summed E-state index contributed by atoms with van der Waals surface area (Å²) in [5.74, 6) is -0.799. The lowest BCUT2D eigenvalue weighted by molar-refractivity contribution is -0.142. The molecular weight excluding hydrogens is 170 g/mol. The zero-order chi connectivity index (χ0) is 9.90. The summed E-state index contributed by atoms with van der Waals surface area (Å²) < 4.78 is 5.45. The molecule has 2 atom stereocenters. The highest BCUT2D eigenvalue weighted by Gasteiger charge is 2.30. The van der Waals surface area contributed by atoms with Crippen molar-refractivity contribution >= 4 is 5.97 Å². The van der Waals surface area contributed by atoms with Crippen LogP contribution in [-0.4, -0.2) is 35.9 Å². The molecule has 0 amide bonds. The first-order chi connectivity index (χ1) is 6.06. The van der Waals surface area contributed by atoms with E-state index in [0.29, 0.717) is 13.2 Å². The molecule has 0 bridgehead atoms. The van der Waals surface area contributed by atoms with Gasteiger partial charge in [-0.1, -0.05) is 6.92 Å². The molecule has 0 radical (unpaired) electrons. The quantitative estimate of drug-likeness (QED) is 0.680. The molecule has 13 heavy (non-hydrogen) atoms. The highest BCUT2D eigenvalue weighted by molar-refractivity contribution is 5.67. The Bertz CT molecular complexity index is 185. The third kappa shape index (κ3) is 2.97. The van der Waals surface area contributed by atoms with Crippen LogP contribution in [0.15, 0.2) is 0 Å². The summed E-state index contributed by atoms with van der Waals surface area (Å²) in [5.41, 5.74) is 0.0228. The van der Waals surface area contributed by atoms with Gasteiger partial charge in [0, 0.05) is 12.1 Å². The predicted octanol–water partition coefficient (Wildman–Crippen LogP) is 0.618. The molecule has 0 aliphatic carbocycles. The van der Waals surface area contributed by atoms with Gasteiger partial charge in [-0.05, 0) is 13.3 Å². The first-order valence-electron chi connectivity index (χ1n) is 4.64. The van der Waals surface area contributed by atoms with Crippen LogP contribution in [0.5, 0.6) is 0 Å². The molecule has 0 saturated carbocycles. The first-order valence-corrected chi connectivity index (χ1v) is 4.64. The standard InChI is InChI=1S/C9H17NO3/c1-3-9(2)6-13-7(5-10-9)4-8(11)12/h7,10H,3-6H2,1-2H3,(H,11,12). The molecule has 2 unspecified atom stereocenters. The molecule has 1 rings (SSSR count). The van der Waals surface area contributed by atoms with Crippen molar-refractivity contribution in [3.8, 4) is 0 Å². The topological polar surface area (TPSA) is 58.6 Å². The molecule has 1 aliphatic heterocycles. The van der Waals surface area contributed by atoms with Crippen LogP contribution in [-0.2, 0) is 9.53 Å². The van der Waals surface area contributed by atoms with Gasteiger partial charge >= 0.3 is 5.97 Å². The molecular formula is C9H17NO3. The Kier molecular flexibility index (Phi) is 3.27. The number of rotatable bonds is 3. The van der Waals surface area contributed by atoms with Crippen molar-refractivity contribution in [3.63, 3.8) is 0 Å². The number of carboxylic acids is 1. The zero-order valence-electron chi connectivity index (χ0n) is 8.17. The fourth-order valence-electron chi connectivity index (χ4n) is 1.32. The van der Waals surface area contributed by atoms with E-state index < -0.39 is 5.97 Å². The van der Waals surface area contributed by atoms with Gasteiger partial charge in [0.05, 0.1) is 19.1 Å². The molecule has 1 saturated heterocycles. The van der Waals surface area contributed by atoms with Crippen molar-refractivity contribution in [2.24, 2.45) is 0 Å². The number of ether oxygens (including phenoxy) is 1. The molecule has 0 aromatic carbocycles.